The third-order valence-electron chi connectivity index (χ3n) is 6.18. The van der Waals surface area contributed by atoms with Gasteiger partial charge < -0.3 is 0 Å². The van der Waals surface area contributed by atoms with Gasteiger partial charge in [0.2, 0.25) is 0 Å². The maximum Gasteiger partial charge on any atom is 0.286 e. The largest absolute Gasteiger partial charge is 0.286 e. The van der Waals surface area contributed by atoms with E-state index in [2.05, 4.69) is 0 Å². The van der Waals surface area contributed by atoms with E-state index in [4.69, 9.17) is 0 Å². The van der Waals surface area contributed by atoms with Crippen molar-refractivity contribution < 1.29 is 9.85 Å². The van der Waals surface area contributed by atoms with Gasteiger partial charge in [0.25, 0.3) is 11.4 Å². The van der Waals surface area contributed by atoms with Gasteiger partial charge >= 0.3 is 0 Å². The predicted octanol–water partition coefficient (Wildman–Crippen LogP) is 7.96. The van der Waals surface area contributed by atoms with Crippen LogP contribution in [0.15, 0.2) is 107 Å². The van der Waals surface area contributed by atoms with E-state index in [1.807, 2.05) is 74.5 Å². The summed E-state index contributed by atoms with van der Waals surface area (Å²) in [6, 6.07) is 29.5. The van der Waals surface area contributed by atoms with Gasteiger partial charge in [-0.15, -0.1) is 0 Å². The Bertz CT molecular complexity index is 1260. The molecule has 0 aromatic heterocycles. The van der Waals surface area contributed by atoms with Crippen LogP contribution in [0, 0.1) is 20.2 Å². The minimum atomic E-state index is -0.389. The van der Waals surface area contributed by atoms with Crippen LogP contribution in [0.5, 0.6) is 0 Å². The Morgan fingerprint density at radius 2 is 0.943 bits per heavy atom. The molecule has 0 aliphatic carbocycles. The molecule has 6 nitrogen and oxygen atoms in total. The third-order valence-corrected chi connectivity index (χ3v) is 7.28. The van der Waals surface area contributed by atoms with Gasteiger partial charge in [-0.2, -0.15) is 0 Å². The standard InChI is InChI=1S/C28H24N2O4S/c1-19(21-11-5-3-6-12-21)23-15-9-17-25(27(23)29(31)32)35-26-18-10-16-24(28(26)30(33)34)20(2)22-13-7-4-8-14-22/h3-20H,1-2H3. The van der Waals surface area contributed by atoms with Crippen LogP contribution in [-0.4, -0.2) is 9.85 Å². The van der Waals surface area contributed by atoms with Crippen LogP contribution in [0.2, 0.25) is 0 Å². The second-order valence-corrected chi connectivity index (χ2v) is 9.35. The fourth-order valence-corrected chi connectivity index (χ4v) is 5.40. The van der Waals surface area contributed by atoms with Gasteiger partial charge in [-0.25, -0.2) is 0 Å². The van der Waals surface area contributed by atoms with Crippen LogP contribution < -0.4 is 0 Å². The zero-order valence-electron chi connectivity index (χ0n) is 19.3. The molecule has 0 fully saturated rings. The highest BCUT2D eigenvalue weighted by Gasteiger charge is 2.29. The van der Waals surface area contributed by atoms with Gasteiger partial charge in [0.15, 0.2) is 0 Å². The minimum Gasteiger partial charge on any atom is -0.258 e. The van der Waals surface area contributed by atoms with Crippen molar-refractivity contribution in [3.63, 3.8) is 0 Å². The summed E-state index contributed by atoms with van der Waals surface area (Å²) in [5, 5.41) is 24.4. The quantitative estimate of drug-likeness (QED) is 0.187. The summed E-state index contributed by atoms with van der Waals surface area (Å²) in [5.74, 6) is -0.423. The molecule has 2 atom stereocenters. The predicted molar refractivity (Wildman–Crippen MR) is 138 cm³/mol. The highest BCUT2D eigenvalue weighted by Crippen LogP contribution is 2.45. The molecular formula is C28H24N2O4S. The molecule has 4 aromatic carbocycles. The summed E-state index contributed by atoms with van der Waals surface area (Å²) in [4.78, 5) is 24.4. The molecule has 35 heavy (non-hydrogen) atoms. The van der Waals surface area contributed by atoms with Crippen molar-refractivity contribution in [2.75, 3.05) is 0 Å². The van der Waals surface area contributed by atoms with Gasteiger partial charge in [0.05, 0.1) is 19.6 Å². The molecule has 0 saturated heterocycles. The van der Waals surface area contributed by atoms with Crippen molar-refractivity contribution in [1.29, 1.82) is 0 Å². The molecule has 4 aromatic rings. The van der Waals surface area contributed by atoms with Crippen LogP contribution in [-0.2, 0) is 0 Å². The van der Waals surface area contributed by atoms with Crippen molar-refractivity contribution in [3.05, 3.63) is 140 Å². The summed E-state index contributed by atoms with van der Waals surface area (Å²) in [6.07, 6.45) is 0. The number of para-hydroxylation sites is 2. The van der Waals surface area contributed by atoms with Crippen molar-refractivity contribution in [2.24, 2.45) is 0 Å². The molecular weight excluding hydrogens is 460 g/mol. The number of hydrogen-bond donors (Lipinski definition) is 0. The Kier molecular flexibility index (Phi) is 7.27. The van der Waals surface area contributed by atoms with E-state index < -0.39 is 0 Å². The lowest BCUT2D eigenvalue weighted by atomic mass is 9.92. The van der Waals surface area contributed by atoms with Crippen LogP contribution in [0.3, 0.4) is 0 Å². The molecule has 0 saturated carbocycles. The van der Waals surface area contributed by atoms with Gasteiger partial charge in [-0.3, -0.25) is 20.2 Å². The second-order valence-electron chi connectivity index (χ2n) is 8.27. The normalized spacial score (nSPS) is 12.6. The molecule has 2 unspecified atom stereocenters. The maximum absolute atomic E-state index is 12.2. The summed E-state index contributed by atoms with van der Waals surface area (Å²) in [7, 11) is 0. The lowest BCUT2D eigenvalue weighted by Gasteiger charge is -2.16. The van der Waals surface area contributed by atoms with Gasteiger partial charge in [-0.1, -0.05) is 111 Å². The molecule has 0 N–H and O–H groups in total. The SMILES string of the molecule is CC(c1ccccc1)c1cccc(Sc2cccc(C(C)c3ccccc3)c2[N+](=O)[O-])c1[N+](=O)[O-]. The molecule has 0 bridgehead atoms. The van der Waals surface area contributed by atoms with E-state index in [1.165, 1.54) is 0 Å². The molecule has 0 amide bonds. The number of rotatable bonds is 8. The van der Waals surface area contributed by atoms with Crippen LogP contribution in [0.25, 0.3) is 0 Å². The first-order valence-corrected chi connectivity index (χ1v) is 12.0. The first-order chi connectivity index (χ1) is 16.9. The average molecular weight is 485 g/mol. The monoisotopic (exact) mass is 484 g/mol. The van der Waals surface area contributed by atoms with Crippen LogP contribution in [0.4, 0.5) is 11.4 Å². The Hall–Kier alpha value is -3.97. The molecule has 0 heterocycles. The molecule has 0 aliphatic rings. The second kappa shape index (κ2) is 10.5. The smallest absolute Gasteiger partial charge is 0.258 e. The zero-order chi connectivity index (χ0) is 24.9. The maximum atomic E-state index is 12.2. The van der Waals surface area contributed by atoms with E-state index in [-0.39, 0.29) is 33.1 Å². The van der Waals surface area contributed by atoms with E-state index >= 15 is 0 Å². The number of nitro groups is 2. The Labute approximate surface area is 207 Å². The molecule has 176 valence electrons. The van der Waals surface area contributed by atoms with E-state index in [1.54, 1.807) is 36.4 Å². The lowest BCUT2D eigenvalue weighted by molar-refractivity contribution is -0.389. The Morgan fingerprint density at radius 3 is 1.29 bits per heavy atom. The molecule has 7 heteroatoms. The molecule has 0 radical (unpaired) electrons. The number of nitrogens with zero attached hydrogens (tertiary/aromatic N) is 2. The summed E-state index contributed by atoms with van der Waals surface area (Å²) >= 11 is 1.07. The van der Waals surface area contributed by atoms with Gasteiger partial charge in [0, 0.05) is 23.0 Å². The van der Waals surface area contributed by atoms with E-state index in [0.717, 1.165) is 22.9 Å². The first kappa shape index (κ1) is 24.2. The summed E-state index contributed by atoms with van der Waals surface area (Å²) < 4.78 is 0. The van der Waals surface area contributed by atoms with Crippen molar-refractivity contribution in [3.8, 4) is 0 Å². The van der Waals surface area contributed by atoms with Crippen LogP contribution in [0.1, 0.15) is 47.9 Å². The molecule has 0 spiro atoms. The molecule has 4 rings (SSSR count). The molecule has 0 aliphatic heterocycles. The minimum absolute atomic E-state index is 0.0235. The highest BCUT2D eigenvalue weighted by molar-refractivity contribution is 7.99. The Balaban J connectivity index is 1.79. The summed E-state index contributed by atoms with van der Waals surface area (Å²) in [5.41, 5.74) is 3.02. The van der Waals surface area contributed by atoms with E-state index in [9.17, 15) is 20.2 Å². The van der Waals surface area contributed by atoms with Crippen molar-refractivity contribution in [1.82, 2.24) is 0 Å². The lowest BCUT2D eigenvalue weighted by Crippen LogP contribution is -2.04. The highest BCUT2D eigenvalue weighted by atomic mass is 32.2. The third kappa shape index (κ3) is 5.10. The van der Waals surface area contributed by atoms with Crippen molar-refractivity contribution in [2.45, 2.75) is 35.5 Å². The topological polar surface area (TPSA) is 86.3 Å². The number of nitro benzene ring substituents is 2. The fourth-order valence-electron chi connectivity index (χ4n) is 4.29. The van der Waals surface area contributed by atoms with Gasteiger partial charge in [0.1, 0.15) is 0 Å². The average Bonchev–Trinajstić information content (AvgIpc) is 2.88. The fraction of sp³-hybridized carbons (Fsp3) is 0.143. The zero-order valence-corrected chi connectivity index (χ0v) is 20.1. The Morgan fingerprint density at radius 1 is 0.571 bits per heavy atom. The number of hydrogen-bond acceptors (Lipinski definition) is 5. The van der Waals surface area contributed by atoms with Gasteiger partial charge in [-0.05, 0) is 23.3 Å². The number of benzene rings is 4. The van der Waals surface area contributed by atoms with E-state index in [0.29, 0.717) is 20.9 Å². The van der Waals surface area contributed by atoms with Crippen LogP contribution >= 0.6 is 11.8 Å². The van der Waals surface area contributed by atoms with Crippen molar-refractivity contribution >= 4 is 23.1 Å². The summed E-state index contributed by atoms with van der Waals surface area (Å²) in [6.45, 7) is 3.85. The first-order valence-electron chi connectivity index (χ1n) is 11.2.